The van der Waals surface area contributed by atoms with Gasteiger partial charge in [-0.15, -0.1) is 0 Å². The molecule has 1 atom stereocenters. The van der Waals surface area contributed by atoms with Crippen LogP contribution in [-0.4, -0.2) is 22.8 Å². The highest BCUT2D eigenvalue weighted by molar-refractivity contribution is 6.08. The first-order valence-electron chi connectivity index (χ1n) is 3.17. The molecule has 0 aromatic rings. The normalized spacial score (nSPS) is 31.7. The van der Waals surface area contributed by atoms with Crippen LogP contribution in [0.4, 0.5) is 0 Å². The second kappa shape index (κ2) is 2.48. The van der Waals surface area contributed by atoms with E-state index in [1.807, 2.05) is 0 Å². The highest BCUT2D eigenvalue weighted by Gasteiger charge is 2.09. The van der Waals surface area contributed by atoms with Crippen LogP contribution in [0, 0.1) is 0 Å². The monoisotopic (exact) mass is 115 g/mol. The molecule has 0 saturated carbocycles. The Bertz CT molecular complexity index is 50.0. The van der Waals surface area contributed by atoms with Crippen LogP contribution >= 0.6 is 0 Å². The van der Waals surface area contributed by atoms with Crippen LogP contribution in [0.5, 0.6) is 0 Å². The van der Waals surface area contributed by atoms with Gasteiger partial charge in [0.15, 0.2) is 0 Å². The van der Waals surface area contributed by atoms with E-state index in [1.165, 1.54) is 35.7 Å². The van der Waals surface area contributed by atoms with E-state index in [2.05, 4.69) is 5.32 Å². The molecule has 0 aromatic carbocycles. The van der Waals surface area contributed by atoms with E-state index in [9.17, 15) is 0 Å². The molecule has 0 aromatic heterocycles. The van der Waals surface area contributed by atoms with E-state index in [0.717, 1.165) is 6.04 Å². The summed E-state index contributed by atoms with van der Waals surface area (Å²) in [6.45, 7) is 1.27. The number of hydrogen-bond donors (Lipinski definition) is 1. The molecule has 1 heterocycles. The zero-order valence-electron chi connectivity index (χ0n) is 4.91. The molecule has 7 heavy (non-hydrogen) atoms. The van der Waals surface area contributed by atoms with E-state index in [0.29, 0.717) is 0 Å². The number of nitrogens with one attached hydrogen (secondary N) is 1. The van der Waals surface area contributed by atoms with E-state index in [-0.39, 0.29) is 0 Å². The first-order valence-corrected chi connectivity index (χ1v) is 4.58. The molecule has 1 aliphatic rings. The van der Waals surface area contributed by atoms with Gasteiger partial charge in [-0.05, 0) is 19.4 Å². The maximum Gasteiger partial charge on any atom is 0.00477 e. The predicted octanol–water partition coefficient (Wildman–Crippen LogP) is -0.478. The fourth-order valence-electron chi connectivity index (χ4n) is 1.11. The van der Waals surface area contributed by atoms with Gasteiger partial charge < -0.3 is 5.32 Å². The lowest BCUT2D eigenvalue weighted by Gasteiger charge is -2.02. The van der Waals surface area contributed by atoms with Crippen LogP contribution in [-0.2, 0) is 0 Å². The first kappa shape index (κ1) is 5.32. The standard InChI is InChI=1S/C5H13NSi/c7-4-5-2-1-3-6-5/h5-6H,1-4H2,7H3. The van der Waals surface area contributed by atoms with Crippen molar-refractivity contribution in [2.24, 2.45) is 0 Å². The molecule has 1 nitrogen and oxygen atoms in total. The minimum absolute atomic E-state index is 0.909. The minimum atomic E-state index is 0.909. The zero-order chi connectivity index (χ0) is 5.11. The Labute approximate surface area is 47.9 Å². The summed E-state index contributed by atoms with van der Waals surface area (Å²) >= 11 is 0. The molecule has 42 valence electrons. The Morgan fingerprint density at radius 3 is 2.86 bits per heavy atom. The second-order valence-electron chi connectivity index (χ2n) is 2.20. The smallest absolute Gasteiger partial charge is 0.00477 e. The van der Waals surface area contributed by atoms with Crippen molar-refractivity contribution in [2.75, 3.05) is 6.54 Å². The van der Waals surface area contributed by atoms with Crippen molar-refractivity contribution >= 4 is 10.2 Å². The van der Waals surface area contributed by atoms with Crippen molar-refractivity contribution < 1.29 is 0 Å². The van der Waals surface area contributed by atoms with Crippen LogP contribution < -0.4 is 5.32 Å². The van der Waals surface area contributed by atoms with Gasteiger partial charge in [-0.1, -0.05) is 6.04 Å². The molecular weight excluding hydrogens is 102 g/mol. The molecule has 0 aliphatic carbocycles. The van der Waals surface area contributed by atoms with Crippen LogP contribution in [0.2, 0.25) is 6.04 Å². The van der Waals surface area contributed by atoms with Gasteiger partial charge in [0.25, 0.3) is 0 Å². The molecule has 1 fully saturated rings. The van der Waals surface area contributed by atoms with Crippen LogP contribution in [0.15, 0.2) is 0 Å². The van der Waals surface area contributed by atoms with Gasteiger partial charge >= 0.3 is 0 Å². The van der Waals surface area contributed by atoms with E-state index in [4.69, 9.17) is 0 Å². The summed E-state index contributed by atoms with van der Waals surface area (Å²) in [6.07, 6.45) is 2.84. The molecule has 0 spiro atoms. The Morgan fingerprint density at radius 1 is 1.71 bits per heavy atom. The topological polar surface area (TPSA) is 12.0 Å². The third-order valence-corrected chi connectivity index (χ3v) is 2.64. The van der Waals surface area contributed by atoms with Crippen molar-refractivity contribution in [1.29, 1.82) is 0 Å². The lowest BCUT2D eigenvalue weighted by Crippen LogP contribution is -2.19. The quantitative estimate of drug-likeness (QED) is 0.455. The molecule has 0 radical (unpaired) electrons. The number of hydrogen-bond acceptors (Lipinski definition) is 1. The number of rotatable bonds is 1. The van der Waals surface area contributed by atoms with Gasteiger partial charge in [-0.3, -0.25) is 0 Å². The molecule has 1 N–H and O–H groups in total. The highest BCUT2D eigenvalue weighted by atomic mass is 28.1. The van der Waals surface area contributed by atoms with E-state index in [1.54, 1.807) is 0 Å². The first-order chi connectivity index (χ1) is 3.43. The van der Waals surface area contributed by atoms with Gasteiger partial charge in [0.2, 0.25) is 0 Å². The van der Waals surface area contributed by atoms with E-state index < -0.39 is 0 Å². The molecule has 1 rings (SSSR count). The molecular formula is C5H13NSi. The molecule has 0 bridgehead atoms. The zero-order valence-corrected chi connectivity index (χ0v) is 6.91. The molecule has 2 heteroatoms. The average Bonchev–Trinajstić information content (AvgIpc) is 2.14. The van der Waals surface area contributed by atoms with Crippen LogP contribution in [0.3, 0.4) is 0 Å². The fourth-order valence-corrected chi connectivity index (χ4v) is 1.80. The van der Waals surface area contributed by atoms with Gasteiger partial charge in [-0.2, -0.15) is 0 Å². The summed E-state index contributed by atoms with van der Waals surface area (Å²) in [4.78, 5) is 0. The molecule has 1 saturated heterocycles. The fraction of sp³-hybridized carbons (Fsp3) is 1.00. The van der Waals surface area contributed by atoms with Crippen molar-refractivity contribution in [3.63, 3.8) is 0 Å². The maximum atomic E-state index is 3.44. The van der Waals surface area contributed by atoms with Crippen LogP contribution in [0.1, 0.15) is 12.8 Å². The second-order valence-corrected chi connectivity index (χ2v) is 3.02. The Balaban J connectivity index is 2.14. The van der Waals surface area contributed by atoms with Crippen LogP contribution in [0.25, 0.3) is 0 Å². The van der Waals surface area contributed by atoms with Gasteiger partial charge in [0.05, 0.1) is 0 Å². The maximum absolute atomic E-state index is 3.44. The summed E-state index contributed by atoms with van der Waals surface area (Å²) in [5.74, 6) is 0. The summed E-state index contributed by atoms with van der Waals surface area (Å²) < 4.78 is 0. The van der Waals surface area contributed by atoms with Crippen molar-refractivity contribution in [3.05, 3.63) is 0 Å². The van der Waals surface area contributed by atoms with Crippen molar-refractivity contribution in [1.82, 2.24) is 5.32 Å². The molecule has 1 unspecified atom stereocenters. The molecule has 1 aliphatic heterocycles. The Hall–Kier alpha value is 0.177. The molecule has 0 amide bonds. The summed E-state index contributed by atoms with van der Waals surface area (Å²) in [6, 6.07) is 2.35. The van der Waals surface area contributed by atoms with Crippen molar-refractivity contribution in [2.45, 2.75) is 24.9 Å². The Morgan fingerprint density at radius 2 is 2.57 bits per heavy atom. The predicted molar refractivity (Wildman–Crippen MR) is 35.8 cm³/mol. The van der Waals surface area contributed by atoms with Gasteiger partial charge in [0, 0.05) is 16.3 Å². The summed E-state index contributed by atoms with van der Waals surface area (Å²) in [7, 11) is 1.37. The third-order valence-electron chi connectivity index (χ3n) is 1.66. The average molecular weight is 115 g/mol. The lowest BCUT2D eigenvalue weighted by molar-refractivity contribution is 0.664. The SMILES string of the molecule is [SiH3]CC1CCCN1. The summed E-state index contributed by atoms with van der Waals surface area (Å²) in [5, 5.41) is 3.44. The lowest BCUT2D eigenvalue weighted by atomic mass is 10.3. The Kier molecular flexibility index (Phi) is 1.88. The van der Waals surface area contributed by atoms with Crippen molar-refractivity contribution in [3.8, 4) is 0 Å². The minimum Gasteiger partial charge on any atom is -0.314 e. The van der Waals surface area contributed by atoms with E-state index >= 15 is 0 Å². The summed E-state index contributed by atoms with van der Waals surface area (Å²) in [5.41, 5.74) is 0. The van der Waals surface area contributed by atoms with Gasteiger partial charge in [-0.25, -0.2) is 0 Å². The highest BCUT2D eigenvalue weighted by Crippen LogP contribution is 2.05. The largest absolute Gasteiger partial charge is 0.314 e. The third kappa shape index (κ3) is 1.28. The van der Waals surface area contributed by atoms with Gasteiger partial charge in [0.1, 0.15) is 0 Å².